The van der Waals surface area contributed by atoms with E-state index in [4.69, 9.17) is 4.74 Å². The molecule has 0 fully saturated rings. The van der Waals surface area contributed by atoms with Gasteiger partial charge in [0.15, 0.2) is 0 Å². The Kier molecular flexibility index (Phi) is 5.51. The SMILES string of the molecule is CCOC(=O)c1ccccc1NC(=O)CCc1cccs1. The first-order valence-corrected chi connectivity index (χ1v) is 7.67. The van der Waals surface area contributed by atoms with Gasteiger partial charge in [0.25, 0.3) is 0 Å². The van der Waals surface area contributed by atoms with E-state index >= 15 is 0 Å². The average molecular weight is 303 g/mol. The molecule has 1 amide bonds. The van der Waals surface area contributed by atoms with Crippen LogP contribution in [-0.4, -0.2) is 18.5 Å². The van der Waals surface area contributed by atoms with Crippen LogP contribution in [-0.2, 0) is 16.0 Å². The van der Waals surface area contributed by atoms with E-state index in [1.165, 1.54) is 4.88 Å². The van der Waals surface area contributed by atoms with Crippen LogP contribution in [0.25, 0.3) is 0 Å². The molecule has 0 saturated heterocycles. The van der Waals surface area contributed by atoms with E-state index in [9.17, 15) is 9.59 Å². The van der Waals surface area contributed by atoms with Gasteiger partial charge in [-0.25, -0.2) is 4.79 Å². The highest BCUT2D eigenvalue weighted by Crippen LogP contribution is 2.17. The van der Waals surface area contributed by atoms with Crippen LogP contribution in [0.2, 0.25) is 0 Å². The number of anilines is 1. The molecule has 0 spiro atoms. The van der Waals surface area contributed by atoms with Gasteiger partial charge in [0, 0.05) is 11.3 Å². The summed E-state index contributed by atoms with van der Waals surface area (Å²) in [6.45, 7) is 2.06. The van der Waals surface area contributed by atoms with Crippen LogP contribution >= 0.6 is 11.3 Å². The zero-order chi connectivity index (χ0) is 15.1. The first-order valence-electron chi connectivity index (χ1n) is 6.79. The topological polar surface area (TPSA) is 55.4 Å². The summed E-state index contributed by atoms with van der Waals surface area (Å²) in [4.78, 5) is 25.0. The zero-order valence-corrected chi connectivity index (χ0v) is 12.6. The van der Waals surface area contributed by atoms with Crippen LogP contribution in [0.3, 0.4) is 0 Å². The molecule has 0 unspecified atom stereocenters. The largest absolute Gasteiger partial charge is 0.462 e. The van der Waals surface area contributed by atoms with E-state index in [1.54, 1.807) is 42.5 Å². The third-order valence-corrected chi connectivity index (χ3v) is 3.81. The van der Waals surface area contributed by atoms with Gasteiger partial charge < -0.3 is 10.1 Å². The predicted molar refractivity (Wildman–Crippen MR) is 83.7 cm³/mol. The number of esters is 1. The van der Waals surface area contributed by atoms with Gasteiger partial charge in [-0.15, -0.1) is 11.3 Å². The van der Waals surface area contributed by atoms with Crippen molar-refractivity contribution >= 4 is 28.9 Å². The molecule has 0 aliphatic heterocycles. The molecule has 4 nitrogen and oxygen atoms in total. The van der Waals surface area contributed by atoms with Crippen LogP contribution in [0.1, 0.15) is 28.6 Å². The summed E-state index contributed by atoms with van der Waals surface area (Å²) in [6.07, 6.45) is 1.09. The van der Waals surface area contributed by atoms with Gasteiger partial charge in [-0.2, -0.15) is 0 Å². The summed E-state index contributed by atoms with van der Waals surface area (Å²) in [5.41, 5.74) is 0.871. The fraction of sp³-hybridized carbons (Fsp3) is 0.250. The Morgan fingerprint density at radius 3 is 2.71 bits per heavy atom. The van der Waals surface area contributed by atoms with Gasteiger partial charge in [-0.05, 0) is 36.9 Å². The van der Waals surface area contributed by atoms with Gasteiger partial charge in [0.2, 0.25) is 5.91 Å². The summed E-state index contributed by atoms with van der Waals surface area (Å²) in [7, 11) is 0. The maximum Gasteiger partial charge on any atom is 0.340 e. The molecule has 1 heterocycles. The number of hydrogen-bond acceptors (Lipinski definition) is 4. The molecule has 21 heavy (non-hydrogen) atoms. The van der Waals surface area contributed by atoms with Gasteiger partial charge in [0.1, 0.15) is 0 Å². The van der Waals surface area contributed by atoms with E-state index < -0.39 is 5.97 Å². The number of rotatable bonds is 6. The Labute approximate surface area is 127 Å². The lowest BCUT2D eigenvalue weighted by Crippen LogP contribution is -2.16. The smallest absolute Gasteiger partial charge is 0.340 e. The normalized spacial score (nSPS) is 10.1. The van der Waals surface area contributed by atoms with E-state index in [2.05, 4.69) is 5.32 Å². The van der Waals surface area contributed by atoms with Crippen molar-refractivity contribution in [1.82, 2.24) is 0 Å². The Morgan fingerprint density at radius 1 is 1.19 bits per heavy atom. The van der Waals surface area contributed by atoms with Gasteiger partial charge in [0.05, 0.1) is 17.9 Å². The number of hydrogen-bond donors (Lipinski definition) is 1. The third kappa shape index (κ3) is 4.43. The van der Waals surface area contributed by atoms with E-state index in [1.807, 2.05) is 17.5 Å². The van der Waals surface area contributed by atoms with Crippen LogP contribution in [0.5, 0.6) is 0 Å². The number of carbonyl (C=O) groups excluding carboxylic acids is 2. The molecule has 0 radical (unpaired) electrons. The quantitative estimate of drug-likeness (QED) is 0.831. The lowest BCUT2D eigenvalue weighted by molar-refractivity contribution is -0.116. The van der Waals surface area contributed by atoms with Crippen molar-refractivity contribution in [2.75, 3.05) is 11.9 Å². The lowest BCUT2D eigenvalue weighted by atomic mass is 10.1. The maximum absolute atomic E-state index is 12.0. The molecule has 0 bridgehead atoms. The number of thiophene rings is 1. The Morgan fingerprint density at radius 2 is 2.00 bits per heavy atom. The first-order chi connectivity index (χ1) is 10.2. The van der Waals surface area contributed by atoms with Gasteiger partial charge in [-0.3, -0.25) is 4.79 Å². The minimum atomic E-state index is -0.424. The number of amides is 1. The molecule has 1 N–H and O–H groups in total. The molecular weight excluding hydrogens is 286 g/mol. The third-order valence-electron chi connectivity index (χ3n) is 2.88. The number of benzene rings is 1. The molecule has 0 atom stereocenters. The number of carbonyl (C=O) groups is 2. The van der Waals surface area contributed by atoms with Crippen molar-refractivity contribution in [3.05, 3.63) is 52.2 Å². The van der Waals surface area contributed by atoms with Gasteiger partial charge in [-0.1, -0.05) is 18.2 Å². The number of nitrogens with one attached hydrogen (secondary N) is 1. The lowest BCUT2D eigenvalue weighted by Gasteiger charge is -2.10. The zero-order valence-electron chi connectivity index (χ0n) is 11.8. The van der Waals surface area contributed by atoms with Crippen LogP contribution in [0.4, 0.5) is 5.69 Å². The monoisotopic (exact) mass is 303 g/mol. The molecule has 110 valence electrons. The number of para-hydroxylation sites is 1. The van der Waals surface area contributed by atoms with E-state index in [0.29, 0.717) is 30.7 Å². The molecule has 5 heteroatoms. The summed E-state index contributed by atoms with van der Waals surface area (Å²) in [5.74, 6) is -0.535. The molecular formula is C16H17NO3S. The van der Waals surface area contributed by atoms with Crippen LogP contribution in [0.15, 0.2) is 41.8 Å². The highest BCUT2D eigenvalue weighted by Gasteiger charge is 2.13. The standard InChI is InChI=1S/C16H17NO3S/c1-2-20-16(19)13-7-3-4-8-14(13)17-15(18)10-9-12-6-5-11-21-12/h3-8,11H,2,9-10H2,1H3,(H,17,18). The van der Waals surface area contributed by atoms with E-state index in [0.717, 1.165) is 0 Å². The molecule has 2 aromatic rings. The molecule has 1 aromatic heterocycles. The highest BCUT2D eigenvalue weighted by atomic mass is 32.1. The molecule has 2 rings (SSSR count). The second-order valence-electron chi connectivity index (χ2n) is 4.39. The summed E-state index contributed by atoms with van der Waals surface area (Å²) in [6, 6.07) is 10.8. The number of ether oxygens (including phenoxy) is 1. The van der Waals surface area contributed by atoms with Crippen LogP contribution < -0.4 is 5.32 Å². The first kappa shape index (κ1) is 15.3. The van der Waals surface area contributed by atoms with E-state index in [-0.39, 0.29) is 5.91 Å². The van der Waals surface area contributed by atoms with Crippen molar-refractivity contribution in [3.63, 3.8) is 0 Å². The fourth-order valence-electron chi connectivity index (χ4n) is 1.88. The van der Waals surface area contributed by atoms with Crippen molar-refractivity contribution in [2.24, 2.45) is 0 Å². The van der Waals surface area contributed by atoms with Crippen molar-refractivity contribution < 1.29 is 14.3 Å². The second-order valence-corrected chi connectivity index (χ2v) is 5.43. The van der Waals surface area contributed by atoms with Crippen LogP contribution in [0, 0.1) is 0 Å². The Bertz CT molecular complexity index is 608. The minimum Gasteiger partial charge on any atom is -0.462 e. The molecule has 1 aromatic carbocycles. The summed E-state index contributed by atoms with van der Waals surface area (Å²) >= 11 is 1.63. The molecule has 0 aliphatic rings. The minimum absolute atomic E-state index is 0.111. The number of aryl methyl sites for hydroxylation is 1. The Hall–Kier alpha value is -2.14. The summed E-state index contributed by atoms with van der Waals surface area (Å²) in [5, 5.41) is 4.77. The highest BCUT2D eigenvalue weighted by molar-refractivity contribution is 7.09. The summed E-state index contributed by atoms with van der Waals surface area (Å²) < 4.78 is 4.98. The second kappa shape index (κ2) is 7.59. The van der Waals surface area contributed by atoms with Crippen molar-refractivity contribution in [2.45, 2.75) is 19.8 Å². The van der Waals surface area contributed by atoms with Crippen molar-refractivity contribution in [1.29, 1.82) is 0 Å². The maximum atomic E-state index is 12.0. The average Bonchev–Trinajstić information content (AvgIpc) is 2.99. The molecule has 0 aliphatic carbocycles. The van der Waals surface area contributed by atoms with Crippen molar-refractivity contribution in [3.8, 4) is 0 Å². The fourth-order valence-corrected chi connectivity index (χ4v) is 2.59. The Balaban J connectivity index is 1.98. The molecule has 0 saturated carbocycles. The van der Waals surface area contributed by atoms with Gasteiger partial charge >= 0.3 is 5.97 Å². The predicted octanol–water partition coefficient (Wildman–Crippen LogP) is 3.50.